The third-order valence-electron chi connectivity index (χ3n) is 4.77. The quantitative estimate of drug-likeness (QED) is 0.255. The number of unbranched alkanes of at least 4 members (excludes halogenated alkanes) is 2. The molecule has 0 radical (unpaired) electrons. The molecular weight excluding hydrogens is 449 g/mol. The van der Waals surface area contributed by atoms with E-state index in [4.69, 9.17) is 32.7 Å². The van der Waals surface area contributed by atoms with Crippen LogP contribution < -0.4 is 10.1 Å². The molecule has 0 aliphatic carbocycles. The number of nitrogens with zero attached hydrogens (tertiary/aromatic N) is 2. The number of hydrogen-bond acceptors (Lipinski definition) is 5. The first-order valence-electron chi connectivity index (χ1n) is 10.7. The molecule has 1 heterocycles. The average molecular weight is 476 g/mol. The number of halogens is 2. The largest absolute Gasteiger partial charge is 0.461 e. The lowest BCUT2D eigenvalue weighted by Gasteiger charge is -2.13. The number of nitrogens with one attached hydrogen (secondary N) is 1. The lowest BCUT2D eigenvalue weighted by molar-refractivity contribution is 0.0517. The average Bonchev–Trinajstić information content (AvgIpc) is 3.13. The molecule has 0 fully saturated rings. The molecule has 0 saturated heterocycles. The molecule has 0 atom stereocenters. The lowest BCUT2D eigenvalue weighted by Crippen LogP contribution is -2.17. The molecule has 2 aromatic carbocycles. The Kier molecular flexibility index (Phi) is 8.97. The van der Waals surface area contributed by atoms with Gasteiger partial charge in [-0.15, -0.1) is 0 Å². The zero-order chi connectivity index (χ0) is 22.9. The molecule has 3 aromatic rings. The maximum atomic E-state index is 12.7. The van der Waals surface area contributed by atoms with Crippen LogP contribution in [0.4, 0.5) is 0 Å². The monoisotopic (exact) mass is 475 g/mol. The zero-order valence-corrected chi connectivity index (χ0v) is 19.7. The maximum Gasteiger partial charge on any atom is 0.359 e. The fraction of sp³-hybridized carbons (Fsp3) is 0.333. The van der Waals surface area contributed by atoms with Crippen LogP contribution in [-0.4, -0.2) is 28.9 Å². The van der Waals surface area contributed by atoms with Gasteiger partial charge in [0.25, 0.3) is 0 Å². The van der Waals surface area contributed by atoms with Crippen LogP contribution >= 0.6 is 23.2 Å². The first-order valence-corrected chi connectivity index (χ1v) is 11.5. The SMILES string of the molecule is CCCCCNCc1c(C(=O)OCC)nn(-c2ccccc2Cl)c1Oc1ccc(Cl)cc1. The molecule has 0 amide bonds. The van der Waals surface area contributed by atoms with Crippen LogP contribution in [-0.2, 0) is 11.3 Å². The topological polar surface area (TPSA) is 65.4 Å². The van der Waals surface area contributed by atoms with Gasteiger partial charge >= 0.3 is 5.97 Å². The van der Waals surface area contributed by atoms with E-state index in [9.17, 15) is 4.79 Å². The summed E-state index contributed by atoms with van der Waals surface area (Å²) in [7, 11) is 0. The number of benzene rings is 2. The zero-order valence-electron chi connectivity index (χ0n) is 18.2. The van der Waals surface area contributed by atoms with Crippen LogP contribution in [0.15, 0.2) is 48.5 Å². The Labute approximate surface area is 198 Å². The molecule has 0 aliphatic rings. The minimum Gasteiger partial charge on any atom is -0.461 e. The van der Waals surface area contributed by atoms with E-state index >= 15 is 0 Å². The summed E-state index contributed by atoms with van der Waals surface area (Å²) in [4.78, 5) is 12.7. The number of rotatable bonds is 11. The summed E-state index contributed by atoms with van der Waals surface area (Å²) in [5, 5.41) is 9.03. The lowest BCUT2D eigenvalue weighted by atomic mass is 10.2. The number of carbonyl (C=O) groups is 1. The van der Waals surface area contributed by atoms with Crippen molar-refractivity contribution in [2.75, 3.05) is 13.2 Å². The van der Waals surface area contributed by atoms with Gasteiger partial charge in [-0.2, -0.15) is 9.78 Å². The molecule has 3 rings (SSSR count). The van der Waals surface area contributed by atoms with Crippen LogP contribution in [0.25, 0.3) is 5.69 Å². The highest BCUT2D eigenvalue weighted by Crippen LogP contribution is 2.34. The summed E-state index contributed by atoms with van der Waals surface area (Å²) in [5.41, 5.74) is 1.40. The molecule has 32 heavy (non-hydrogen) atoms. The van der Waals surface area contributed by atoms with E-state index < -0.39 is 5.97 Å². The van der Waals surface area contributed by atoms with Crippen molar-refractivity contribution >= 4 is 29.2 Å². The van der Waals surface area contributed by atoms with E-state index in [1.807, 2.05) is 18.2 Å². The predicted molar refractivity (Wildman–Crippen MR) is 127 cm³/mol. The molecule has 1 aromatic heterocycles. The van der Waals surface area contributed by atoms with E-state index in [1.165, 1.54) is 0 Å². The van der Waals surface area contributed by atoms with Crippen molar-refractivity contribution in [3.05, 3.63) is 69.8 Å². The smallest absolute Gasteiger partial charge is 0.359 e. The third kappa shape index (κ3) is 6.03. The number of esters is 1. The first-order chi connectivity index (χ1) is 15.5. The number of aromatic nitrogens is 2. The molecule has 0 bridgehead atoms. The van der Waals surface area contributed by atoms with Gasteiger partial charge in [-0.25, -0.2) is 4.79 Å². The van der Waals surface area contributed by atoms with E-state index in [2.05, 4.69) is 17.3 Å². The second kappa shape index (κ2) is 11.9. The number of para-hydroxylation sites is 1. The van der Waals surface area contributed by atoms with E-state index in [1.54, 1.807) is 41.9 Å². The summed E-state index contributed by atoms with van der Waals surface area (Å²) < 4.78 is 13.0. The van der Waals surface area contributed by atoms with Crippen LogP contribution in [0.1, 0.15) is 49.2 Å². The van der Waals surface area contributed by atoms with Crippen molar-refractivity contribution in [2.45, 2.75) is 39.7 Å². The Balaban J connectivity index is 2.07. The van der Waals surface area contributed by atoms with E-state index in [0.717, 1.165) is 25.8 Å². The Morgan fingerprint density at radius 1 is 1.06 bits per heavy atom. The molecular formula is C24H27Cl2N3O3. The van der Waals surface area contributed by atoms with Crippen molar-refractivity contribution in [3.63, 3.8) is 0 Å². The maximum absolute atomic E-state index is 12.7. The highest BCUT2D eigenvalue weighted by Gasteiger charge is 2.27. The van der Waals surface area contributed by atoms with Gasteiger partial charge < -0.3 is 14.8 Å². The van der Waals surface area contributed by atoms with Crippen molar-refractivity contribution in [3.8, 4) is 17.3 Å². The van der Waals surface area contributed by atoms with Gasteiger partial charge in [-0.1, -0.05) is 55.1 Å². The summed E-state index contributed by atoms with van der Waals surface area (Å²) in [6.07, 6.45) is 3.30. The Morgan fingerprint density at radius 2 is 1.81 bits per heavy atom. The first kappa shape index (κ1) is 24.1. The molecule has 170 valence electrons. The number of ether oxygens (including phenoxy) is 2. The highest BCUT2D eigenvalue weighted by molar-refractivity contribution is 6.32. The number of carbonyl (C=O) groups excluding carboxylic acids is 1. The Hall–Kier alpha value is -2.54. The third-order valence-corrected chi connectivity index (χ3v) is 5.34. The van der Waals surface area contributed by atoms with Crippen molar-refractivity contribution in [2.24, 2.45) is 0 Å². The van der Waals surface area contributed by atoms with E-state index in [-0.39, 0.29) is 12.3 Å². The van der Waals surface area contributed by atoms with Crippen molar-refractivity contribution < 1.29 is 14.3 Å². The van der Waals surface area contributed by atoms with Crippen LogP contribution in [0.2, 0.25) is 10.0 Å². The van der Waals surface area contributed by atoms with Crippen molar-refractivity contribution in [1.29, 1.82) is 0 Å². The second-order valence-electron chi connectivity index (χ2n) is 7.16. The Bertz CT molecular complexity index is 1040. The molecule has 8 heteroatoms. The summed E-state index contributed by atoms with van der Waals surface area (Å²) in [6, 6.07) is 14.3. The molecule has 0 spiro atoms. The second-order valence-corrected chi connectivity index (χ2v) is 8.00. The predicted octanol–water partition coefficient (Wildman–Crippen LogP) is 6.43. The molecule has 0 unspecified atom stereocenters. The van der Waals surface area contributed by atoms with Crippen LogP contribution in [0.3, 0.4) is 0 Å². The van der Waals surface area contributed by atoms with E-state index in [0.29, 0.717) is 39.5 Å². The molecule has 1 N–H and O–H groups in total. The molecule has 0 saturated carbocycles. The molecule has 0 aliphatic heterocycles. The fourth-order valence-corrected chi connectivity index (χ4v) is 3.52. The number of hydrogen-bond donors (Lipinski definition) is 1. The van der Waals surface area contributed by atoms with Gasteiger partial charge in [0, 0.05) is 11.6 Å². The summed E-state index contributed by atoms with van der Waals surface area (Å²) in [6.45, 7) is 5.37. The molecule has 6 nitrogen and oxygen atoms in total. The highest BCUT2D eigenvalue weighted by atomic mass is 35.5. The summed E-state index contributed by atoms with van der Waals surface area (Å²) >= 11 is 12.5. The van der Waals surface area contributed by atoms with Crippen LogP contribution in [0, 0.1) is 0 Å². The fourth-order valence-electron chi connectivity index (χ4n) is 3.18. The summed E-state index contributed by atoms with van der Waals surface area (Å²) in [5.74, 6) is 0.446. The van der Waals surface area contributed by atoms with Gasteiger partial charge in [0.1, 0.15) is 5.75 Å². The van der Waals surface area contributed by atoms with Crippen molar-refractivity contribution in [1.82, 2.24) is 15.1 Å². The minimum absolute atomic E-state index is 0.193. The minimum atomic E-state index is -0.510. The normalized spacial score (nSPS) is 10.9. The van der Waals surface area contributed by atoms with Gasteiger partial charge in [-0.3, -0.25) is 0 Å². The van der Waals surface area contributed by atoms with Crippen LogP contribution in [0.5, 0.6) is 11.6 Å². The standard InChI is InChI=1S/C24H27Cl2N3O3/c1-3-5-8-15-27-16-19-22(24(30)31-4-2)28-29(21-10-7-6-9-20(21)26)23(19)32-18-13-11-17(25)12-14-18/h6-7,9-14,27H,3-5,8,15-16H2,1-2H3. The van der Waals surface area contributed by atoms with Gasteiger partial charge in [0.05, 0.1) is 22.9 Å². The van der Waals surface area contributed by atoms with Gasteiger partial charge in [-0.05, 0) is 56.3 Å². The van der Waals surface area contributed by atoms with Gasteiger partial charge in [0.2, 0.25) is 5.88 Å². The van der Waals surface area contributed by atoms with Gasteiger partial charge in [0.15, 0.2) is 5.69 Å². The Morgan fingerprint density at radius 3 is 2.50 bits per heavy atom.